The summed E-state index contributed by atoms with van der Waals surface area (Å²) >= 11 is 3.08. The second kappa shape index (κ2) is 6.18. The van der Waals surface area contributed by atoms with Crippen molar-refractivity contribution in [1.29, 1.82) is 0 Å². The molecule has 0 aliphatic carbocycles. The standard InChI is InChI=1S/C16H15BrFNO/c1-10-3-4-11(2)12(7-10)8-16(20)19-13-5-6-14(17)15(18)9-13/h3-7,9H,8H2,1-2H3,(H,19,20). The highest BCUT2D eigenvalue weighted by atomic mass is 79.9. The van der Waals surface area contributed by atoms with Gasteiger partial charge in [0.25, 0.3) is 0 Å². The molecule has 2 aromatic carbocycles. The molecule has 4 heteroatoms. The first kappa shape index (κ1) is 14.7. The Morgan fingerprint density at radius 1 is 1.20 bits per heavy atom. The molecular formula is C16H15BrFNO. The van der Waals surface area contributed by atoms with Gasteiger partial charge in [0.2, 0.25) is 5.91 Å². The third-order valence-corrected chi connectivity index (χ3v) is 3.70. The topological polar surface area (TPSA) is 29.1 Å². The van der Waals surface area contributed by atoms with Gasteiger partial charge in [0.15, 0.2) is 0 Å². The van der Waals surface area contributed by atoms with E-state index in [2.05, 4.69) is 21.2 Å². The molecule has 0 radical (unpaired) electrons. The van der Waals surface area contributed by atoms with Crippen LogP contribution in [0.15, 0.2) is 40.9 Å². The molecule has 0 spiro atoms. The van der Waals surface area contributed by atoms with Crippen LogP contribution in [0.2, 0.25) is 0 Å². The number of carbonyl (C=O) groups is 1. The van der Waals surface area contributed by atoms with Crippen LogP contribution in [0, 0.1) is 19.7 Å². The smallest absolute Gasteiger partial charge is 0.228 e. The van der Waals surface area contributed by atoms with E-state index in [9.17, 15) is 9.18 Å². The third-order valence-electron chi connectivity index (χ3n) is 3.06. The van der Waals surface area contributed by atoms with Crippen LogP contribution in [0.5, 0.6) is 0 Å². The number of hydrogen-bond acceptors (Lipinski definition) is 1. The molecule has 0 fully saturated rings. The molecule has 0 aliphatic heterocycles. The van der Waals surface area contributed by atoms with Crippen LogP contribution in [-0.4, -0.2) is 5.91 Å². The van der Waals surface area contributed by atoms with Gasteiger partial charge in [0, 0.05) is 5.69 Å². The molecule has 20 heavy (non-hydrogen) atoms. The summed E-state index contributed by atoms with van der Waals surface area (Å²) in [6, 6.07) is 10.5. The average Bonchev–Trinajstić information content (AvgIpc) is 2.38. The van der Waals surface area contributed by atoms with Gasteiger partial charge in [0.1, 0.15) is 5.82 Å². The summed E-state index contributed by atoms with van der Waals surface area (Å²) < 4.78 is 13.8. The van der Waals surface area contributed by atoms with E-state index in [1.54, 1.807) is 12.1 Å². The lowest BCUT2D eigenvalue weighted by Crippen LogP contribution is -2.15. The number of amides is 1. The zero-order valence-electron chi connectivity index (χ0n) is 11.3. The van der Waals surface area contributed by atoms with E-state index in [0.29, 0.717) is 10.2 Å². The summed E-state index contributed by atoms with van der Waals surface area (Å²) in [5.41, 5.74) is 3.64. The average molecular weight is 336 g/mol. The van der Waals surface area contributed by atoms with Gasteiger partial charge in [-0.2, -0.15) is 0 Å². The molecule has 1 amide bonds. The summed E-state index contributed by atoms with van der Waals surface area (Å²) in [5, 5.41) is 2.71. The fourth-order valence-corrected chi connectivity index (χ4v) is 2.19. The van der Waals surface area contributed by atoms with Crippen molar-refractivity contribution in [3.63, 3.8) is 0 Å². The maximum Gasteiger partial charge on any atom is 0.228 e. The first-order valence-corrected chi connectivity index (χ1v) is 7.06. The van der Waals surface area contributed by atoms with E-state index >= 15 is 0 Å². The van der Waals surface area contributed by atoms with Crippen LogP contribution in [-0.2, 0) is 11.2 Å². The Balaban J connectivity index is 2.09. The van der Waals surface area contributed by atoms with E-state index < -0.39 is 5.82 Å². The highest BCUT2D eigenvalue weighted by Crippen LogP contribution is 2.19. The summed E-state index contributed by atoms with van der Waals surface area (Å²) in [5.74, 6) is -0.546. The quantitative estimate of drug-likeness (QED) is 0.885. The second-order valence-electron chi connectivity index (χ2n) is 4.78. The number of nitrogens with one attached hydrogen (secondary N) is 1. The molecule has 2 aromatic rings. The van der Waals surface area contributed by atoms with E-state index in [1.807, 2.05) is 32.0 Å². The number of aryl methyl sites for hydroxylation is 2. The number of halogens is 2. The van der Waals surface area contributed by atoms with Crippen molar-refractivity contribution in [3.05, 3.63) is 63.4 Å². The fourth-order valence-electron chi connectivity index (χ4n) is 1.94. The van der Waals surface area contributed by atoms with Gasteiger partial charge in [-0.25, -0.2) is 4.39 Å². The molecular weight excluding hydrogens is 321 g/mol. The Morgan fingerprint density at radius 3 is 2.65 bits per heavy atom. The van der Waals surface area contributed by atoms with Crippen molar-refractivity contribution in [2.45, 2.75) is 20.3 Å². The van der Waals surface area contributed by atoms with E-state index in [1.165, 1.54) is 6.07 Å². The van der Waals surface area contributed by atoms with Crippen LogP contribution in [0.3, 0.4) is 0 Å². The molecule has 0 saturated heterocycles. The van der Waals surface area contributed by atoms with Crippen molar-refractivity contribution in [3.8, 4) is 0 Å². The van der Waals surface area contributed by atoms with Crippen LogP contribution in [0.25, 0.3) is 0 Å². The molecule has 2 nitrogen and oxygen atoms in total. The van der Waals surface area contributed by atoms with Crippen LogP contribution >= 0.6 is 15.9 Å². The third kappa shape index (κ3) is 3.67. The zero-order chi connectivity index (χ0) is 14.7. The molecule has 104 valence electrons. The van der Waals surface area contributed by atoms with Gasteiger partial charge in [0.05, 0.1) is 10.9 Å². The Bertz CT molecular complexity index is 655. The molecule has 0 aromatic heterocycles. The predicted molar refractivity (Wildman–Crippen MR) is 82.3 cm³/mol. The van der Waals surface area contributed by atoms with E-state index in [0.717, 1.165) is 16.7 Å². The first-order valence-electron chi connectivity index (χ1n) is 6.27. The second-order valence-corrected chi connectivity index (χ2v) is 5.64. The molecule has 0 saturated carbocycles. The summed E-state index contributed by atoms with van der Waals surface area (Å²) in [7, 11) is 0. The van der Waals surface area contributed by atoms with Crippen molar-refractivity contribution >= 4 is 27.5 Å². The Labute approximate surface area is 126 Å². The fraction of sp³-hybridized carbons (Fsp3) is 0.188. The molecule has 0 unspecified atom stereocenters. The van der Waals surface area contributed by atoms with Gasteiger partial charge in [-0.3, -0.25) is 4.79 Å². The minimum absolute atomic E-state index is 0.152. The number of rotatable bonds is 3. The van der Waals surface area contributed by atoms with E-state index in [4.69, 9.17) is 0 Å². The normalized spacial score (nSPS) is 10.4. The van der Waals surface area contributed by atoms with Crippen LogP contribution < -0.4 is 5.32 Å². The summed E-state index contributed by atoms with van der Waals surface area (Å²) in [6.07, 6.45) is 0.283. The Hall–Kier alpha value is -1.68. The van der Waals surface area contributed by atoms with Crippen molar-refractivity contribution in [2.24, 2.45) is 0 Å². The van der Waals surface area contributed by atoms with Gasteiger partial charge in [-0.05, 0) is 59.1 Å². The lowest BCUT2D eigenvalue weighted by atomic mass is 10.0. The van der Waals surface area contributed by atoms with Gasteiger partial charge in [-0.1, -0.05) is 23.8 Å². The van der Waals surface area contributed by atoms with Gasteiger partial charge in [-0.15, -0.1) is 0 Å². The monoisotopic (exact) mass is 335 g/mol. The van der Waals surface area contributed by atoms with Gasteiger partial charge >= 0.3 is 0 Å². The minimum atomic E-state index is -0.394. The van der Waals surface area contributed by atoms with Gasteiger partial charge < -0.3 is 5.32 Å². The van der Waals surface area contributed by atoms with Crippen molar-refractivity contribution in [1.82, 2.24) is 0 Å². The zero-order valence-corrected chi connectivity index (χ0v) is 12.9. The highest BCUT2D eigenvalue weighted by Gasteiger charge is 2.08. The van der Waals surface area contributed by atoms with Crippen LogP contribution in [0.4, 0.5) is 10.1 Å². The lowest BCUT2D eigenvalue weighted by molar-refractivity contribution is -0.115. The largest absolute Gasteiger partial charge is 0.326 e. The molecule has 0 heterocycles. The van der Waals surface area contributed by atoms with Crippen molar-refractivity contribution in [2.75, 3.05) is 5.32 Å². The van der Waals surface area contributed by atoms with Crippen molar-refractivity contribution < 1.29 is 9.18 Å². The number of benzene rings is 2. The molecule has 0 aliphatic rings. The Kier molecular flexibility index (Phi) is 4.55. The summed E-state index contributed by atoms with van der Waals surface area (Å²) in [6.45, 7) is 3.96. The highest BCUT2D eigenvalue weighted by molar-refractivity contribution is 9.10. The molecule has 0 bridgehead atoms. The lowest BCUT2D eigenvalue weighted by Gasteiger charge is -2.09. The molecule has 0 atom stereocenters. The maximum atomic E-state index is 13.4. The predicted octanol–water partition coefficient (Wildman–Crippen LogP) is 4.39. The molecule has 1 N–H and O–H groups in total. The van der Waals surface area contributed by atoms with Crippen LogP contribution in [0.1, 0.15) is 16.7 Å². The SMILES string of the molecule is Cc1ccc(C)c(CC(=O)Nc2ccc(Br)c(F)c2)c1. The first-order chi connectivity index (χ1) is 9.45. The van der Waals surface area contributed by atoms with E-state index in [-0.39, 0.29) is 12.3 Å². The Morgan fingerprint density at radius 2 is 1.95 bits per heavy atom. The number of hydrogen-bond donors (Lipinski definition) is 1. The minimum Gasteiger partial charge on any atom is -0.326 e. The summed E-state index contributed by atoms with van der Waals surface area (Å²) in [4.78, 5) is 12.0. The maximum absolute atomic E-state index is 13.4. The number of carbonyl (C=O) groups excluding carboxylic acids is 1. The molecule has 2 rings (SSSR count). The number of anilines is 1.